The smallest absolute Gasteiger partial charge is 0.228 e. The van der Waals surface area contributed by atoms with Gasteiger partial charge >= 0.3 is 0 Å². The van der Waals surface area contributed by atoms with E-state index in [1.807, 2.05) is 4.90 Å². The molecule has 0 aromatic carbocycles. The van der Waals surface area contributed by atoms with Crippen LogP contribution in [0.3, 0.4) is 0 Å². The summed E-state index contributed by atoms with van der Waals surface area (Å²) in [7, 11) is 0. The van der Waals surface area contributed by atoms with E-state index in [1.165, 1.54) is 11.4 Å². The number of ether oxygens (including phenoxy) is 1. The number of piperidine rings is 1. The van der Waals surface area contributed by atoms with Crippen LogP contribution in [0.2, 0.25) is 0 Å². The first-order valence-corrected chi connectivity index (χ1v) is 9.43. The fourth-order valence-electron chi connectivity index (χ4n) is 3.75. The second-order valence-electron chi connectivity index (χ2n) is 7.87. The van der Waals surface area contributed by atoms with Crippen molar-refractivity contribution >= 4 is 5.91 Å². The number of nitrogens with zero attached hydrogens (tertiary/aromatic N) is 3. The standard InChI is InChI=1S/C19H31N3O2/c1-13(2)17-11-18(14(3)4)22(20-17)16-5-8-21(9-6-16)19(23)15-7-10-24-12-15/h11,13-16H,5-10,12H2,1-4H3. The van der Waals surface area contributed by atoms with Gasteiger partial charge < -0.3 is 9.64 Å². The Hall–Kier alpha value is -1.36. The van der Waals surface area contributed by atoms with Crippen LogP contribution in [0.5, 0.6) is 0 Å². The van der Waals surface area contributed by atoms with E-state index in [9.17, 15) is 4.79 Å². The average molecular weight is 333 g/mol. The third kappa shape index (κ3) is 3.51. The molecule has 0 aliphatic carbocycles. The predicted molar refractivity (Wildman–Crippen MR) is 94.2 cm³/mol. The molecule has 2 saturated heterocycles. The van der Waals surface area contributed by atoms with Crippen LogP contribution in [0.4, 0.5) is 0 Å². The molecule has 2 aliphatic heterocycles. The summed E-state index contributed by atoms with van der Waals surface area (Å²) in [6.07, 6.45) is 2.88. The fourth-order valence-corrected chi connectivity index (χ4v) is 3.75. The lowest BCUT2D eigenvalue weighted by atomic mass is 10.0. The first-order valence-electron chi connectivity index (χ1n) is 9.43. The van der Waals surface area contributed by atoms with Gasteiger partial charge in [-0.3, -0.25) is 9.48 Å². The number of aromatic nitrogens is 2. The van der Waals surface area contributed by atoms with Crippen molar-refractivity contribution in [2.45, 2.75) is 64.8 Å². The van der Waals surface area contributed by atoms with Crippen molar-refractivity contribution in [3.05, 3.63) is 17.5 Å². The summed E-state index contributed by atoms with van der Waals surface area (Å²) in [5.74, 6) is 1.30. The maximum Gasteiger partial charge on any atom is 0.228 e. The van der Waals surface area contributed by atoms with Gasteiger partial charge in [-0.25, -0.2) is 0 Å². The number of rotatable bonds is 4. The van der Waals surface area contributed by atoms with Crippen LogP contribution < -0.4 is 0 Å². The van der Waals surface area contributed by atoms with Crippen molar-refractivity contribution in [2.24, 2.45) is 5.92 Å². The minimum atomic E-state index is 0.0880. The lowest BCUT2D eigenvalue weighted by Gasteiger charge is -2.34. The van der Waals surface area contributed by atoms with Crippen LogP contribution in [0.1, 0.15) is 76.2 Å². The Morgan fingerprint density at radius 3 is 2.42 bits per heavy atom. The van der Waals surface area contributed by atoms with E-state index < -0.39 is 0 Å². The average Bonchev–Trinajstić information content (AvgIpc) is 3.24. The highest BCUT2D eigenvalue weighted by Crippen LogP contribution is 2.30. The number of hydrogen-bond donors (Lipinski definition) is 0. The predicted octanol–water partition coefficient (Wildman–Crippen LogP) is 3.33. The number of carbonyl (C=O) groups excluding carboxylic acids is 1. The molecule has 0 N–H and O–H groups in total. The van der Waals surface area contributed by atoms with Crippen molar-refractivity contribution < 1.29 is 9.53 Å². The number of likely N-dealkylation sites (tertiary alicyclic amines) is 1. The van der Waals surface area contributed by atoms with E-state index >= 15 is 0 Å². The summed E-state index contributed by atoms with van der Waals surface area (Å²) in [4.78, 5) is 14.6. The van der Waals surface area contributed by atoms with Gasteiger partial charge in [-0.15, -0.1) is 0 Å². The molecule has 0 radical (unpaired) electrons. The Labute approximate surface area is 145 Å². The Morgan fingerprint density at radius 1 is 1.17 bits per heavy atom. The van der Waals surface area contributed by atoms with Crippen molar-refractivity contribution in [3.8, 4) is 0 Å². The van der Waals surface area contributed by atoms with Gasteiger partial charge in [0.15, 0.2) is 0 Å². The Bertz CT molecular complexity index is 565. The van der Waals surface area contributed by atoms with E-state index in [-0.39, 0.29) is 5.92 Å². The minimum Gasteiger partial charge on any atom is -0.381 e. The van der Waals surface area contributed by atoms with Gasteiger partial charge in [0.1, 0.15) is 0 Å². The summed E-state index contributed by atoms with van der Waals surface area (Å²) in [5.41, 5.74) is 2.51. The van der Waals surface area contributed by atoms with Crippen LogP contribution in [0.25, 0.3) is 0 Å². The topological polar surface area (TPSA) is 47.4 Å². The molecule has 2 fully saturated rings. The number of hydrogen-bond acceptors (Lipinski definition) is 3. The summed E-state index contributed by atoms with van der Waals surface area (Å²) in [6.45, 7) is 11.9. The third-order valence-electron chi connectivity index (χ3n) is 5.37. The van der Waals surface area contributed by atoms with Crippen LogP contribution in [0, 0.1) is 5.92 Å². The summed E-state index contributed by atoms with van der Waals surface area (Å²) >= 11 is 0. The monoisotopic (exact) mass is 333 g/mol. The summed E-state index contributed by atoms with van der Waals surface area (Å²) in [5, 5.41) is 4.90. The molecule has 0 saturated carbocycles. The van der Waals surface area contributed by atoms with Gasteiger partial charge in [0.05, 0.1) is 24.3 Å². The Morgan fingerprint density at radius 2 is 1.88 bits per heavy atom. The molecular weight excluding hydrogens is 302 g/mol. The van der Waals surface area contributed by atoms with Crippen molar-refractivity contribution in [1.82, 2.24) is 14.7 Å². The van der Waals surface area contributed by atoms with Gasteiger partial charge in [-0.2, -0.15) is 5.10 Å². The largest absolute Gasteiger partial charge is 0.381 e. The zero-order chi connectivity index (χ0) is 17.3. The lowest BCUT2D eigenvalue weighted by molar-refractivity contribution is -0.136. The van der Waals surface area contributed by atoms with Gasteiger partial charge in [0.2, 0.25) is 5.91 Å². The van der Waals surface area contributed by atoms with Crippen molar-refractivity contribution in [3.63, 3.8) is 0 Å². The Balaban J connectivity index is 1.67. The highest BCUT2D eigenvalue weighted by Gasteiger charge is 2.32. The molecule has 1 atom stereocenters. The second-order valence-corrected chi connectivity index (χ2v) is 7.87. The molecule has 3 heterocycles. The van der Waals surface area contributed by atoms with Crippen LogP contribution in [-0.4, -0.2) is 46.9 Å². The molecule has 0 spiro atoms. The van der Waals surface area contributed by atoms with Gasteiger partial charge in [0, 0.05) is 25.4 Å². The minimum absolute atomic E-state index is 0.0880. The maximum atomic E-state index is 12.5. The van der Waals surface area contributed by atoms with E-state index in [2.05, 4.69) is 38.4 Å². The molecule has 1 aromatic heterocycles. The van der Waals surface area contributed by atoms with Gasteiger partial charge in [-0.05, 0) is 37.2 Å². The van der Waals surface area contributed by atoms with E-state index in [1.54, 1.807) is 0 Å². The third-order valence-corrected chi connectivity index (χ3v) is 5.37. The number of carbonyl (C=O) groups is 1. The fraction of sp³-hybridized carbons (Fsp3) is 0.789. The van der Waals surface area contributed by atoms with E-state index in [0.717, 1.165) is 39.0 Å². The molecule has 3 rings (SSSR count). The first-order chi connectivity index (χ1) is 11.5. The molecule has 1 amide bonds. The first kappa shape index (κ1) is 17.5. The molecule has 24 heavy (non-hydrogen) atoms. The highest BCUT2D eigenvalue weighted by molar-refractivity contribution is 5.79. The molecule has 2 aliphatic rings. The van der Waals surface area contributed by atoms with Crippen LogP contribution >= 0.6 is 0 Å². The normalized spacial score (nSPS) is 22.8. The molecule has 1 aromatic rings. The lowest BCUT2D eigenvalue weighted by Crippen LogP contribution is -2.42. The molecule has 5 heteroatoms. The van der Waals surface area contributed by atoms with Crippen molar-refractivity contribution in [2.75, 3.05) is 26.3 Å². The summed E-state index contributed by atoms with van der Waals surface area (Å²) < 4.78 is 7.62. The number of amides is 1. The van der Waals surface area contributed by atoms with Gasteiger partial charge in [0.25, 0.3) is 0 Å². The molecule has 5 nitrogen and oxygen atoms in total. The SMILES string of the molecule is CC(C)c1cc(C(C)C)n(C2CCN(C(=O)C3CCOC3)CC2)n1. The second kappa shape index (κ2) is 7.26. The van der Waals surface area contributed by atoms with E-state index in [0.29, 0.717) is 30.4 Å². The maximum absolute atomic E-state index is 12.5. The van der Waals surface area contributed by atoms with Crippen LogP contribution in [0.15, 0.2) is 6.07 Å². The zero-order valence-electron chi connectivity index (χ0n) is 15.5. The van der Waals surface area contributed by atoms with Gasteiger partial charge in [-0.1, -0.05) is 27.7 Å². The zero-order valence-corrected chi connectivity index (χ0v) is 15.5. The molecule has 134 valence electrons. The Kier molecular flexibility index (Phi) is 5.28. The van der Waals surface area contributed by atoms with Crippen LogP contribution in [-0.2, 0) is 9.53 Å². The van der Waals surface area contributed by atoms with Crippen molar-refractivity contribution in [1.29, 1.82) is 0 Å². The molecular formula is C19H31N3O2. The summed E-state index contributed by atoms with van der Waals surface area (Å²) in [6, 6.07) is 2.68. The molecule has 1 unspecified atom stereocenters. The quantitative estimate of drug-likeness (QED) is 0.849. The van der Waals surface area contributed by atoms with E-state index in [4.69, 9.17) is 9.84 Å². The molecule has 0 bridgehead atoms. The highest BCUT2D eigenvalue weighted by atomic mass is 16.5.